The summed E-state index contributed by atoms with van der Waals surface area (Å²) in [7, 11) is 0. The number of carbonyl (C=O) groups excluding carboxylic acids is 1. The number of anilines is 1. The third kappa shape index (κ3) is 4.72. The van der Waals surface area contributed by atoms with Gasteiger partial charge in [0.2, 0.25) is 0 Å². The van der Waals surface area contributed by atoms with E-state index < -0.39 is 16.6 Å². The van der Waals surface area contributed by atoms with Crippen LogP contribution in [-0.4, -0.2) is 43.3 Å². The molecule has 1 aliphatic rings. The fourth-order valence-corrected chi connectivity index (χ4v) is 2.83. The second-order valence-electron chi connectivity index (χ2n) is 6.11. The summed E-state index contributed by atoms with van der Waals surface area (Å²) in [4.78, 5) is 24.9. The molecule has 0 aliphatic carbocycles. The van der Waals surface area contributed by atoms with Crippen LogP contribution in [0.25, 0.3) is 0 Å². The highest BCUT2D eigenvalue weighted by atomic mass is 19.1. The first kappa shape index (κ1) is 19.9. The summed E-state index contributed by atoms with van der Waals surface area (Å²) in [6.45, 7) is 2.11. The minimum Gasteiger partial charge on any atom is -0.378 e. The summed E-state index contributed by atoms with van der Waals surface area (Å²) < 4.78 is 19.1. The van der Waals surface area contributed by atoms with Crippen LogP contribution in [0.3, 0.4) is 0 Å². The second-order valence-corrected chi connectivity index (χ2v) is 6.11. The largest absolute Gasteiger partial charge is 0.378 e. The van der Waals surface area contributed by atoms with Crippen molar-refractivity contribution in [1.82, 2.24) is 5.43 Å². The standard InChI is InChI=1S/C19H16FN5O4/c20-16-9-13(11-21)1-3-15(16)19(26)23-22-12-14-2-4-17(18(10-14)25(27)28)24-5-7-29-8-6-24/h1-4,9-10,12H,5-8H2,(H,23,26)/b22-12-. The molecule has 0 bridgehead atoms. The topological polar surface area (TPSA) is 121 Å². The smallest absolute Gasteiger partial charge is 0.293 e. The molecule has 1 aliphatic heterocycles. The van der Waals surface area contributed by atoms with Crippen molar-refractivity contribution in [1.29, 1.82) is 5.26 Å². The molecule has 2 aromatic carbocycles. The Balaban J connectivity index is 1.73. The number of nitro benzene ring substituents is 1. The van der Waals surface area contributed by atoms with Crippen LogP contribution in [0.2, 0.25) is 0 Å². The van der Waals surface area contributed by atoms with Crippen molar-refractivity contribution in [3.63, 3.8) is 0 Å². The van der Waals surface area contributed by atoms with Crippen molar-refractivity contribution in [3.05, 3.63) is 69.0 Å². The molecule has 0 spiro atoms. The van der Waals surface area contributed by atoms with Gasteiger partial charge in [0.1, 0.15) is 11.5 Å². The maximum absolute atomic E-state index is 13.8. The summed E-state index contributed by atoms with van der Waals surface area (Å²) in [5.74, 6) is -1.65. The molecule has 0 atom stereocenters. The molecule has 1 fully saturated rings. The van der Waals surface area contributed by atoms with Crippen LogP contribution in [-0.2, 0) is 4.74 Å². The zero-order valence-electron chi connectivity index (χ0n) is 15.2. The van der Waals surface area contributed by atoms with E-state index in [2.05, 4.69) is 10.5 Å². The van der Waals surface area contributed by atoms with Gasteiger partial charge in [-0.1, -0.05) is 6.07 Å². The number of morpholine rings is 1. The molecule has 1 heterocycles. The third-order valence-electron chi connectivity index (χ3n) is 4.27. The number of carbonyl (C=O) groups is 1. The van der Waals surface area contributed by atoms with Crippen LogP contribution in [0.1, 0.15) is 21.5 Å². The van der Waals surface area contributed by atoms with Crippen LogP contribution >= 0.6 is 0 Å². The number of ether oxygens (including phenoxy) is 1. The molecule has 0 unspecified atom stereocenters. The Kier molecular flexibility index (Phi) is 6.11. The molecule has 0 radical (unpaired) electrons. The molecule has 3 rings (SSSR count). The Morgan fingerprint density at radius 1 is 1.31 bits per heavy atom. The Hall–Kier alpha value is -3.84. The minimum absolute atomic E-state index is 0.0830. The van der Waals surface area contributed by atoms with Gasteiger partial charge in [0.05, 0.1) is 41.5 Å². The average molecular weight is 397 g/mol. The number of amides is 1. The van der Waals surface area contributed by atoms with Gasteiger partial charge in [-0.05, 0) is 24.3 Å². The monoisotopic (exact) mass is 397 g/mol. The zero-order chi connectivity index (χ0) is 20.8. The van der Waals surface area contributed by atoms with Crippen LogP contribution in [0.4, 0.5) is 15.8 Å². The molecule has 9 nitrogen and oxygen atoms in total. The molecular formula is C19H16FN5O4. The third-order valence-corrected chi connectivity index (χ3v) is 4.27. The number of hydrazone groups is 1. The number of benzene rings is 2. The fraction of sp³-hybridized carbons (Fsp3) is 0.211. The van der Waals surface area contributed by atoms with Gasteiger partial charge in [0.15, 0.2) is 0 Å². The highest BCUT2D eigenvalue weighted by Crippen LogP contribution is 2.29. The molecule has 2 aromatic rings. The molecule has 0 aromatic heterocycles. The Bertz CT molecular complexity index is 1010. The predicted molar refractivity (Wildman–Crippen MR) is 102 cm³/mol. The van der Waals surface area contributed by atoms with Crippen molar-refractivity contribution in [2.45, 2.75) is 0 Å². The van der Waals surface area contributed by atoms with E-state index in [0.29, 0.717) is 37.6 Å². The van der Waals surface area contributed by atoms with E-state index in [1.54, 1.807) is 18.2 Å². The lowest BCUT2D eigenvalue weighted by molar-refractivity contribution is -0.384. The highest BCUT2D eigenvalue weighted by molar-refractivity contribution is 5.95. The zero-order valence-corrected chi connectivity index (χ0v) is 15.2. The van der Waals surface area contributed by atoms with Crippen LogP contribution in [0, 0.1) is 27.3 Å². The van der Waals surface area contributed by atoms with E-state index in [4.69, 9.17) is 10.00 Å². The Morgan fingerprint density at radius 2 is 2.07 bits per heavy atom. The lowest BCUT2D eigenvalue weighted by Gasteiger charge is -2.28. The predicted octanol–water partition coefficient (Wildman–Crippen LogP) is 2.21. The first-order valence-corrected chi connectivity index (χ1v) is 8.64. The normalized spacial score (nSPS) is 13.9. The number of halogens is 1. The van der Waals surface area contributed by atoms with Gasteiger partial charge in [0.25, 0.3) is 11.6 Å². The number of nitriles is 1. The minimum atomic E-state index is -0.845. The first-order chi connectivity index (χ1) is 14.0. The van der Waals surface area contributed by atoms with Gasteiger partial charge in [-0.2, -0.15) is 10.4 Å². The number of rotatable bonds is 5. The quantitative estimate of drug-likeness (QED) is 0.469. The average Bonchev–Trinajstić information content (AvgIpc) is 2.74. The summed E-state index contributed by atoms with van der Waals surface area (Å²) in [6.07, 6.45) is 1.23. The van der Waals surface area contributed by atoms with Crippen molar-refractivity contribution in [2.24, 2.45) is 5.10 Å². The van der Waals surface area contributed by atoms with E-state index in [1.165, 1.54) is 24.4 Å². The maximum atomic E-state index is 13.8. The number of nitrogens with zero attached hydrogens (tertiary/aromatic N) is 4. The Labute approximate surface area is 165 Å². The summed E-state index contributed by atoms with van der Waals surface area (Å²) in [6, 6.07) is 9.82. The van der Waals surface area contributed by atoms with Gasteiger partial charge in [-0.15, -0.1) is 0 Å². The first-order valence-electron chi connectivity index (χ1n) is 8.64. The van der Waals surface area contributed by atoms with Crippen LogP contribution < -0.4 is 10.3 Å². The molecule has 1 amide bonds. The maximum Gasteiger partial charge on any atom is 0.293 e. The van der Waals surface area contributed by atoms with Crippen molar-refractivity contribution in [2.75, 3.05) is 31.2 Å². The van der Waals surface area contributed by atoms with Crippen LogP contribution in [0.5, 0.6) is 0 Å². The number of nitro groups is 1. The van der Waals surface area contributed by atoms with Crippen molar-refractivity contribution < 1.29 is 18.8 Å². The van der Waals surface area contributed by atoms with Gasteiger partial charge < -0.3 is 9.64 Å². The SMILES string of the molecule is N#Cc1ccc(C(=O)N/N=C\c2ccc(N3CCOCC3)c([N+](=O)[O-])c2)c(F)c1. The number of hydrogen-bond donors (Lipinski definition) is 1. The van der Waals surface area contributed by atoms with Crippen molar-refractivity contribution >= 4 is 23.5 Å². The molecule has 1 saturated heterocycles. The van der Waals surface area contributed by atoms with E-state index in [9.17, 15) is 19.3 Å². The lowest BCUT2D eigenvalue weighted by atomic mass is 10.1. The molecule has 29 heavy (non-hydrogen) atoms. The second kappa shape index (κ2) is 8.90. The van der Waals surface area contributed by atoms with E-state index in [0.717, 1.165) is 6.07 Å². The summed E-state index contributed by atoms with van der Waals surface area (Å²) in [5, 5.41) is 23.9. The van der Waals surface area contributed by atoms with Gasteiger partial charge in [-0.25, -0.2) is 9.82 Å². The van der Waals surface area contributed by atoms with E-state index >= 15 is 0 Å². The molecule has 0 saturated carbocycles. The van der Waals surface area contributed by atoms with Gasteiger partial charge >= 0.3 is 0 Å². The van der Waals surface area contributed by atoms with E-state index in [1.807, 2.05) is 4.90 Å². The summed E-state index contributed by atoms with van der Waals surface area (Å²) >= 11 is 0. The van der Waals surface area contributed by atoms with Crippen LogP contribution in [0.15, 0.2) is 41.5 Å². The molecule has 148 valence electrons. The van der Waals surface area contributed by atoms with Gasteiger partial charge in [0, 0.05) is 24.7 Å². The van der Waals surface area contributed by atoms with Crippen molar-refractivity contribution in [3.8, 4) is 6.07 Å². The molecule has 10 heteroatoms. The molecular weight excluding hydrogens is 381 g/mol. The summed E-state index contributed by atoms with van der Waals surface area (Å²) in [5.41, 5.74) is 2.79. The fourth-order valence-electron chi connectivity index (χ4n) is 2.83. The lowest BCUT2D eigenvalue weighted by Crippen LogP contribution is -2.36. The van der Waals surface area contributed by atoms with Gasteiger partial charge in [-0.3, -0.25) is 14.9 Å². The number of nitrogens with one attached hydrogen (secondary N) is 1. The molecule has 1 N–H and O–H groups in total. The highest BCUT2D eigenvalue weighted by Gasteiger charge is 2.21. The Morgan fingerprint density at radius 3 is 2.72 bits per heavy atom. The number of hydrogen-bond acceptors (Lipinski definition) is 7. The van der Waals surface area contributed by atoms with E-state index in [-0.39, 0.29) is 16.8 Å².